The van der Waals surface area contributed by atoms with Crippen LogP contribution in [0.25, 0.3) is 0 Å². The summed E-state index contributed by atoms with van der Waals surface area (Å²) in [5.41, 5.74) is 8.81. The molecule has 1 heterocycles. The molecule has 1 aliphatic rings. The maximum absolute atomic E-state index is 10.6. The number of aliphatic imine (C=N–C) groups is 1. The van der Waals surface area contributed by atoms with Gasteiger partial charge in [0.2, 0.25) is 5.91 Å². The number of amidine groups is 1. The second-order valence-electron chi connectivity index (χ2n) is 3.81. The van der Waals surface area contributed by atoms with E-state index in [4.69, 9.17) is 5.73 Å². The zero-order valence-corrected chi connectivity index (χ0v) is 8.99. The van der Waals surface area contributed by atoms with Crippen LogP contribution < -0.4 is 11.1 Å². The lowest BCUT2D eigenvalue weighted by Crippen LogP contribution is -2.30. The van der Waals surface area contributed by atoms with E-state index in [2.05, 4.69) is 10.3 Å². The molecule has 1 radical (unpaired) electrons. The Hall–Kier alpha value is -1.84. The van der Waals surface area contributed by atoms with E-state index < -0.39 is 5.91 Å². The Bertz CT molecular complexity index is 409. The van der Waals surface area contributed by atoms with Crippen molar-refractivity contribution in [2.45, 2.75) is 12.8 Å². The Morgan fingerprint density at radius 1 is 1.38 bits per heavy atom. The zero-order chi connectivity index (χ0) is 11.4. The summed E-state index contributed by atoms with van der Waals surface area (Å²) in [4.78, 5) is 15.0. The van der Waals surface area contributed by atoms with Crippen LogP contribution in [0.5, 0.6) is 0 Å². The predicted octanol–water partition coefficient (Wildman–Crippen LogP) is 0.778. The minimum atomic E-state index is -0.555. The summed E-state index contributed by atoms with van der Waals surface area (Å²) in [5.74, 6) is 0.371. The molecule has 16 heavy (non-hydrogen) atoms. The van der Waals surface area contributed by atoms with Gasteiger partial charge in [-0.1, -0.05) is 24.3 Å². The molecule has 4 nitrogen and oxygen atoms in total. The second kappa shape index (κ2) is 4.79. The highest BCUT2D eigenvalue weighted by molar-refractivity contribution is 5.99. The number of benzene rings is 1. The molecule has 0 aromatic heterocycles. The van der Waals surface area contributed by atoms with Gasteiger partial charge >= 0.3 is 0 Å². The normalized spacial score (nSPS) is 15.1. The molecule has 1 aromatic carbocycles. The molecule has 0 fully saturated rings. The summed E-state index contributed by atoms with van der Waals surface area (Å²) in [6.45, 7) is 1.83. The number of nitrogens with one attached hydrogen (secondary N) is 2. The quantitative estimate of drug-likeness (QED) is 0.811. The molecular weight excluding hydrogens is 202 g/mol. The van der Waals surface area contributed by atoms with Crippen molar-refractivity contribution in [2.24, 2.45) is 4.99 Å². The minimum Gasteiger partial charge on any atom is -0.370 e. The molecule has 0 atom stereocenters. The first-order chi connectivity index (χ1) is 7.75. The minimum absolute atomic E-state index is 0.181. The van der Waals surface area contributed by atoms with Crippen LogP contribution in [0.2, 0.25) is 0 Å². The van der Waals surface area contributed by atoms with Crippen molar-refractivity contribution in [2.75, 3.05) is 13.1 Å². The fourth-order valence-electron chi connectivity index (χ4n) is 1.69. The van der Waals surface area contributed by atoms with E-state index in [1.165, 1.54) is 0 Å². The Labute approximate surface area is 94.6 Å². The number of nitrogens with zero attached hydrogens (tertiary/aromatic N) is 1. The van der Waals surface area contributed by atoms with Crippen LogP contribution in [0.1, 0.15) is 17.5 Å². The lowest BCUT2D eigenvalue weighted by molar-refractivity contribution is -0.118. The van der Waals surface area contributed by atoms with Gasteiger partial charge in [-0.2, -0.15) is 0 Å². The van der Waals surface area contributed by atoms with Crippen LogP contribution in [-0.4, -0.2) is 24.8 Å². The van der Waals surface area contributed by atoms with Gasteiger partial charge in [0, 0.05) is 18.7 Å². The third-order valence-corrected chi connectivity index (χ3v) is 2.49. The van der Waals surface area contributed by atoms with E-state index in [-0.39, 0.29) is 6.42 Å². The highest BCUT2D eigenvalue weighted by Gasteiger charge is 2.07. The fourth-order valence-corrected chi connectivity index (χ4v) is 1.69. The Balaban J connectivity index is 2.12. The molecule has 83 valence electrons. The van der Waals surface area contributed by atoms with Crippen molar-refractivity contribution in [3.63, 3.8) is 0 Å². The van der Waals surface area contributed by atoms with Crippen molar-refractivity contribution in [1.29, 1.82) is 0 Å². The molecule has 1 amide bonds. The van der Waals surface area contributed by atoms with Crippen molar-refractivity contribution < 1.29 is 4.79 Å². The number of carbonyl (C=O) groups excluding carboxylic acids is 1. The molecule has 1 aromatic rings. The number of hydrogen-bond donors (Lipinski definition) is 1. The SMILES string of the molecule is [NH]C(=O)Cc1ccc(C2=NCCCN2)cc1. The third kappa shape index (κ3) is 2.59. The molecular formula is C12H14N3O. The number of hydrogen-bond acceptors (Lipinski definition) is 3. The molecule has 0 saturated heterocycles. The molecule has 0 saturated carbocycles. The van der Waals surface area contributed by atoms with E-state index in [0.29, 0.717) is 0 Å². The van der Waals surface area contributed by atoms with Crippen LogP contribution in [-0.2, 0) is 11.2 Å². The molecule has 0 bridgehead atoms. The predicted molar refractivity (Wildman–Crippen MR) is 62.3 cm³/mol. The number of carbonyl (C=O) groups is 1. The van der Waals surface area contributed by atoms with Crippen molar-refractivity contribution in [3.05, 3.63) is 35.4 Å². The summed E-state index contributed by atoms with van der Waals surface area (Å²) in [7, 11) is 0. The van der Waals surface area contributed by atoms with Gasteiger partial charge in [-0.3, -0.25) is 15.5 Å². The lowest BCUT2D eigenvalue weighted by Gasteiger charge is -2.14. The first kappa shape index (κ1) is 10.7. The molecule has 1 aliphatic heterocycles. The van der Waals surface area contributed by atoms with E-state index >= 15 is 0 Å². The topological polar surface area (TPSA) is 65.3 Å². The first-order valence-electron chi connectivity index (χ1n) is 5.38. The monoisotopic (exact) mass is 216 g/mol. The van der Waals surface area contributed by atoms with Gasteiger partial charge in [-0.15, -0.1) is 0 Å². The van der Waals surface area contributed by atoms with Crippen LogP contribution in [0, 0.1) is 0 Å². The van der Waals surface area contributed by atoms with Gasteiger partial charge in [0.25, 0.3) is 0 Å². The highest BCUT2D eigenvalue weighted by atomic mass is 16.1. The van der Waals surface area contributed by atoms with Gasteiger partial charge in [-0.05, 0) is 12.0 Å². The zero-order valence-electron chi connectivity index (χ0n) is 8.99. The third-order valence-electron chi connectivity index (χ3n) is 2.49. The average molecular weight is 216 g/mol. The summed E-state index contributed by atoms with van der Waals surface area (Å²) in [6, 6.07) is 7.63. The van der Waals surface area contributed by atoms with E-state index in [9.17, 15) is 4.79 Å². The lowest BCUT2D eigenvalue weighted by atomic mass is 10.1. The maximum atomic E-state index is 10.6. The molecule has 0 spiro atoms. The molecule has 0 aliphatic carbocycles. The summed E-state index contributed by atoms with van der Waals surface area (Å²) < 4.78 is 0. The summed E-state index contributed by atoms with van der Waals surface area (Å²) in [6.07, 6.45) is 1.26. The molecule has 2 rings (SSSR count). The summed E-state index contributed by atoms with van der Waals surface area (Å²) >= 11 is 0. The van der Waals surface area contributed by atoms with E-state index in [1.807, 2.05) is 24.3 Å². The average Bonchev–Trinajstić information content (AvgIpc) is 2.30. The Morgan fingerprint density at radius 3 is 2.69 bits per heavy atom. The Morgan fingerprint density at radius 2 is 2.12 bits per heavy atom. The van der Waals surface area contributed by atoms with Gasteiger partial charge in [0.15, 0.2) is 0 Å². The molecule has 0 unspecified atom stereocenters. The van der Waals surface area contributed by atoms with Crippen LogP contribution in [0.15, 0.2) is 29.3 Å². The number of rotatable bonds is 3. The van der Waals surface area contributed by atoms with Crippen molar-refractivity contribution in [3.8, 4) is 0 Å². The molecule has 2 N–H and O–H groups in total. The van der Waals surface area contributed by atoms with E-state index in [0.717, 1.165) is 36.5 Å². The number of amides is 1. The van der Waals surface area contributed by atoms with Crippen molar-refractivity contribution in [1.82, 2.24) is 11.1 Å². The smallest absolute Gasteiger partial charge is 0.242 e. The fraction of sp³-hybridized carbons (Fsp3) is 0.333. The summed E-state index contributed by atoms with van der Waals surface area (Å²) in [5, 5.41) is 3.24. The first-order valence-corrected chi connectivity index (χ1v) is 5.38. The van der Waals surface area contributed by atoms with Crippen LogP contribution in [0.4, 0.5) is 0 Å². The van der Waals surface area contributed by atoms with Gasteiger partial charge in [-0.25, -0.2) is 0 Å². The van der Waals surface area contributed by atoms with E-state index in [1.54, 1.807) is 0 Å². The van der Waals surface area contributed by atoms with Crippen molar-refractivity contribution >= 4 is 11.7 Å². The maximum Gasteiger partial charge on any atom is 0.242 e. The Kier molecular flexibility index (Phi) is 3.19. The standard InChI is InChI=1S/C12H14N3O/c13-11(16)8-9-2-4-10(5-3-9)12-14-6-1-7-15-12/h2-5,13H,1,6-8H2,(H,14,15). The molecule has 4 heteroatoms. The van der Waals surface area contributed by atoms with Gasteiger partial charge in [0.05, 0.1) is 6.42 Å². The largest absolute Gasteiger partial charge is 0.370 e. The van der Waals surface area contributed by atoms with Gasteiger partial charge in [0.1, 0.15) is 5.84 Å². The van der Waals surface area contributed by atoms with Crippen LogP contribution >= 0.6 is 0 Å². The second-order valence-corrected chi connectivity index (χ2v) is 3.81. The highest BCUT2D eigenvalue weighted by Crippen LogP contribution is 2.07. The van der Waals surface area contributed by atoms with Gasteiger partial charge < -0.3 is 5.32 Å². The van der Waals surface area contributed by atoms with Crippen LogP contribution in [0.3, 0.4) is 0 Å².